The minimum Gasteiger partial charge on any atom is -0.330 e. The van der Waals surface area contributed by atoms with E-state index in [1.54, 1.807) is 0 Å². The highest BCUT2D eigenvalue weighted by molar-refractivity contribution is 4.69. The van der Waals surface area contributed by atoms with E-state index in [1.165, 1.54) is 25.7 Å². The molecule has 0 saturated carbocycles. The van der Waals surface area contributed by atoms with E-state index >= 15 is 0 Å². The first kappa shape index (κ1) is 16.4. The topological polar surface area (TPSA) is 26.0 Å². The fourth-order valence-corrected chi connectivity index (χ4v) is 1.39. The minimum absolute atomic E-state index is 0.504. The lowest BCUT2D eigenvalue weighted by molar-refractivity contribution is 0.276. The molecule has 14 heavy (non-hydrogen) atoms. The molecule has 88 valence electrons. The van der Waals surface area contributed by atoms with Crippen LogP contribution in [-0.2, 0) is 0 Å². The third-order valence-electron chi connectivity index (χ3n) is 2.46. The molecular weight excluding hydrogens is 170 g/mol. The Morgan fingerprint density at radius 2 is 1.57 bits per heavy atom. The van der Waals surface area contributed by atoms with Crippen molar-refractivity contribution in [1.29, 1.82) is 0 Å². The Hall–Kier alpha value is -0.0400. The summed E-state index contributed by atoms with van der Waals surface area (Å²) in [6, 6.07) is 0. The molecule has 0 atom stereocenters. The maximum absolute atomic E-state index is 5.49. The van der Waals surface area contributed by atoms with Crippen LogP contribution in [0.1, 0.15) is 67.2 Å². The summed E-state index contributed by atoms with van der Waals surface area (Å²) in [7, 11) is 0. The summed E-state index contributed by atoms with van der Waals surface area (Å²) >= 11 is 0. The van der Waals surface area contributed by atoms with Crippen molar-refractivity contribution < 1.29 is 0 Å². The Balaban J connectivity index is 0. The van der Waals surface area contributed by atoms with Crippen LogP contribution in [0.2, 0.25) is 0 Å². The van der Waals surface area contributed by atoms with Crippen molar-refractivity contribution in [3.63, 3.8) is 0 Å². The molecular formula is C13H31N. The highest BCUT2D eigenvalue weighted by Crippen LogP contribution is 2.29. The van der Waals surface area contributed by atoms with Crippen LogP contribution in [0.4, 0.5) is 0 Å². The summed E-state index contributed by atoms with van der Waals surface area (Å²) in [4.78, 5) is 0. The lowest BCUT2D eigenvalue weighted by Gasteiger charge is -2.25. The molecule has 2 N–H and O–H groups in total. The number of nitrogens with two attached hydrogens (primary N) is 1. The largest absolute Gasteiger partial charge is 0.330 e. The van der Waals surface area contributed by atoms with Crippen molar-refractivity contribution >= 4 is 0 Å². The van der Waals surface area contributed by atoms with Crippen molar-refractivity contribution in [3.8, 4) is 0 Å². The molecule has 0 aromatic heterocycles. The quantitative estimate of drug-likeness (QED) is 0.684. The van der Waals surface area contributed by atoms with Crippen molar-refractivity contribution in [3.05, 3.63) is 0 Å². The number of rotatable bonds is 6. The van der Waals surface area contributed by atoms with E-state index in [0.29, 0.717) is 5.41 Å². The Kier molecular flexibility index (Phi) is 11.1. The van der Waals surface area contributed by atoms with Gasteiger partial charge < -0.3 is 5.73 Å². The van der Waals surface area contributed by atoms with Crippen LogP contribution < -0.4 is 5.73 Å². The van der Waals surface area contributed by atoms with Crippen molar-refractivity contribution in [2.45, 2.75) is 67.2 Å². The van der Waals surface area contributed by atoms with Gasteiger partial charge >= 0.3 is 0 Å². The normalized spacial score (nSPS) is 11.1. The molecule has 0 fully saturated rings. The van der Waals surface area contributed by atoms with Crippen molar-refractivity contribution in [2.24, 2.45) is 17.1 Å². The zero-order valence-corrected chi connectivity index (χ0v) is 11.2. The van der Waals surface area contributed by atoms with Gasteiger partial charge in [0.05, 0.1) is 0 Å². The van der Waals surface area contributed by atoms with E-state index < -0.39 is 0 Å². The summed E-state index contributed by atoms with van der Waals surface area (Å²) in [6.07, 6.45) is 5.13. The highest BCUT2D eigenvalue weighted by Gasteiger charge is 2.16. The van der Waals surface area contributed by atoms with Gasteiger partial charge in [-0.15, -0.1) is 0 Å². The summed E-state index contributed by atoms with van der Waals surface area (Å²) in [5, 5.41) is 0. The predicted octanol–water partition coefficient (Wildman–Crippen LogP) is 4.21. The molecule has 0 unspecified atom stereocenters. The molecule has 0 radical (unpaired) electrons. The van der Waals surface area contributed by atoms with Crippen molar-refractivity contribution in [2.75, 3.05) is 6.54 Å². The average molecular weight is 201 g/mol. The summed E-state index contributed by atoms with van der Waals surface area (Å²) in [6.45, 7) is 14.1. The predicted molar refractivity (Wildman–Crippen MR) is 67.5 cm³/mol. The zero-order chi connectivity index (χ0) is 11.6. The average Bonchev–Trinajstić information content (AvgIpc) is 2.15. The standard InChI is InChI=1S/C11H25N.C2H6/c1-10(2)6-8-11(3,4)7-5-9-12;1-2/h10H,5-9,12H2,1-4H3;1-2H3. The van der Waals surface area contributed by atoms with Gasteiger partial charge in [-0.05, 0) is 37.1 Å². The molecule has 1 heteroatoms. The Bertz CT molecular complexity index is 106. The molecule has 0 rings (SSSR count). The smallest absolute Gasteiger partial charge is 0.00771 e. The van der Waals surface area contributed by atoms with Gasteiger partial charge in [-0.1, -0.05) is 48.0 Å². The summed E-state index contributed by atoms with van der Waals surface area (Å²) < 4.78 is 0. The monoisotopic (exact) mass is 201 g/mol. The van der Waals surface area contributed by atoms with E-state index in [-0.39, 0.29) is 0 Å². The molecule has 0 saturated heterocycles. The maximum Gasteiger partial charge on any atom is -0.00771 e. The van der Waals surface area contributed by atoms with E-state index in [4.69, 9.17) is 5.73 Å². The Morgan fingerprint density at radius 1 is 1.07 bits per heavy atom. The molecule has 1 nitrogen and oxygen atoms in total. The molecule has 0 aliphatic heterocycles. The third kappa shape index (κ3) is 12.0. The first-order valence-electron chi connectivity index (χ1n) is 6.18. The van der Waals surface area contributed by atoms with Crippen LogP contribution in [0, 0.1) is 11.3 Å². The lowest BCUT2D eigenvalue weighted by atomic mass is 9.81. The minimum atomic E-state index is 0.504. The van der Waals surface area contributed by atoms with Crippen LogP contribution in [0.5, 0.6) is 0 Å². The van der Waals surface area contributed by atoms with E-state index in [2.05, 4.69) is 27.7 Å². The van der Waals surface area contributed by atoms with E-state index in [1.807, 2.05) is 13.8 Å². The van der Waals surface area contributed by atoms with Crippen LogP contribution in [0.25, 0.3) is 0 Å². The first-order valence-corrected chi connectivity index (χ1v) is 6.18. The van der Waals surface area contributed by atoms with Gasteiger partial charge in [-0.2, -0.15) is 0 Å². The molecule has 0 aliphatic carbocycles. The second-order valence-electron chi connectivity index (χ2n) is 4.99. The molecule has 0 aromatic rings. The molecule has 0 heterocycles. The van der Waals surface area contributed by atoms with Crippen LogP contribution in [0.15, 0.2) is 0 Å². The van der Waals surface area contributed by atoms with Crippen molar-refractivity contribution in [1.82, 2.24) is 0 Å². The van der Waals surface area contributed by atoms with Crippen LogP contribution in [0.3, 0.4) is 0 Å². The number of hydrogen-bond donors (Lipinski definition) is 1. The van der Waals surface area contributed by atoms with Gasteiger partial charge in [0.25, 0.3) is 0 Å². The lowest BCUT2D eigenvalue weighted by Crippen LogP contribution is -2.14. The molecule has 0 spiro atoms. The summed E-state index contributed by atoms with van der Waals surface area (Å²) in [5.41, 5.74) is 6.00. The van der Waals surface area contributed by atoms with Crippen LogP contribution in [-0.4, -0.2) is 6.54 Å². The van der Waals surface area contributed by atoms with Gasteiger partial charge in [-0.3, -0.25) is 0 Å². The van der Waals surface area contributed by atoms with Gasteiger partial charge in [0.1, 0.15) is 0 Å². The zero-order valence-electron chi connectivity index (χ0n) is 11.2. The Labute approximate surface area is 91.5 Å². The fourth-order valence-electron chi connectivity index (χ4n) is 1.39. The van der Waals surface area contributed by atoms with Gasteiger partial charge in [0.15, 0.2) is 0 Å². The number of hydrogen-bond acceptors (Lipinski definition) is 1. The molecule has 0 amide bonds. The fraction of sp³-hybridized carbons (Fsp3) is 1.00. The maximum atomic E-state index is 5.49. The highest BCUT2D eigenvalue weighted by atomic mass is 14.5. The van der Waals surface area contributed by atoms with Gasteiger partial charge in [0.2, 0.25) is 0 Å². The molecule has 0 bridgehead atoms. The molecule has 0 aromatic carbocycles. The van der Waals surface area contributed by atoms with Crippen LogP contribution >= 0.6 is 0 Å². The first-order chi connectivity index (χ1) is 6.48. The summed E-state index contributed by atoms with van der Waals surface area (Å²) in [5.74, 6) is 0.835. The van der Waals surface area contributed by atoms with Gasteiger partial charge in [0, 0.05) is 0 Å². The van der Waals surface area contributed by atoms with Gasteiger partial charge in [-0.25, -0.2) is 0 Å². The second kappa shape index (κ2) is 9.51. The SMILES string of the molecule is CC.CC(C)CCC(C)(C)CCCN. The molecule has 0 aliphatic rings. The Morgan fingerprint density at radius 3 is 1.93 bits per heavy atom. The van der Waals surface area contributed by atoms with E-state index in [9.17, 15) is 0 Å². The van der Waals surface area contributed by atoms with E-state index in [0.717, 1.165) is 12.5 Å². The third-order valence-corrected chi connectivity index (χ3v) is 2.46. The second-order valence-corrected chi connectivity index (χ2v) is 4.99.